The number of hydrogen-bond donors (Lipinski definition) is 2. The fraction of sp³-hybridized carbons (Fsp3) is 0.182. The van der Waals surface area contributed by atoms with Gasteiger partial charge in [0.1, 0.15) is 0 Å². The minimum Gasteiger partial charge on any atom is -0.481 e. The molecular weight excluding hydrogens is 214 g/mol. The predicted octanol–water partition coefficient (Wildman–Crippen LogP) is 2.72. The molecule has 4 heteroatoms. The van der Waals surface area contributed by atoms with Crippen LogP contribution in [-0.4, -0.2) is 11.1 Å². The molecule has 0 radical (unpaired) electrons. The lowest BCUT2D eigenvalue weighted by molar-refractivity contribution is -0.135. The number of halogens is 1. The zero-order valence-electron chi connectivity index (χ0n) is 8.33. The Kier molecular flexibility index (Phi) is 3.74. The largest absolute Gasteiger partial charge is 0.481 e. The molecule has 0 aliphatic heterocycles. The van der Waals surface area contributed by atoms with Crippen LogP contribution in [0.15, 0.2) is 18.2 Å². The van der Waals surface area contributed by atoms with Crippen LogP contribution in [0.4, 0.5) is 5.69 Å². The Labute approximate surface area is 93.2 Å². The summed E-state index contributed by atoms with van der Waals surface area (Å²) in [6.45, 7) is 1.86. The normalized spacial score (nSPS) is 10.8. The number of anilines is 1. The highest BCUT2D eigenvalue weighted by Gasteiger charge is 2.01. The van der Waals surface area contributed by atoms with Crippen molar-refractivity contribution in [1.82, 2.24) is 0 Å². The van der Waals surface area contributed by atoms with Crippen LogP contribution in [0, 0.1) is 6.92 Å². The smallest absolute Gasteiger partial charge is 0.307 e. The van der Waals surface area contributed by atoms with Crippen LogP contribution in [0.25, 0.3) is 6.08 Å². The lowest BCUT2D eigenvalue weighted by atomic mass is 10.1. The Morgan fingerprint density at radius 1 is 1.60 bits per heavy atom. The third-order valence-corrected chi connectivity index (χ3v) is 2.27. The summed E-state index contributed by atoms with van der Waals surface area (Å²) in [5, 5.41) is 8.94. The van der Waals surface area contributed by atoms with Crippen molar-refractivity contribution < 1.29 is 9.90 Å². The summed E-state index contributed by atoms with van der Waals surface area (Å²) in [6, 6.07) is 3.57. The van der Waals surface area contributed by atoms with E-state index in [2.05, 4.69) is 0 Å². The number of nitrogens with two attached hydrogens (primary N) is 1. The van der Waals surface area contributed by atoms with E-state index in [1.807, 2.05) is 13.0 Å². The lowest BCUT2D eigenvalue weighted by Gasteiger charge is -2.04. The quantitative estimate of drug-likeness (QED) is 0.778. The van der Waals surface area contributed by atoms with E-state index in [4.69, 9.17) is 22.4 Å². The van der Waals surface area contributed by atoms with Crippen molar-refractivity contribution in [3.8, 4) is 0 Å². The van der Waals surface area contributed by atoms with Gasteiger partial charge in [0.05, 0.1) is 17.1 Å². The monoisotopic (exact) mass is 225 g/mol. The molecule has 0 unspecified atom stereocenters. The number of carbonyl (C=O) groups is 1. The Morgan fingerprint density at radius 3 is 2.80 bits per heavy atom. The molecule has 0 saturated carbocycles. The second-order valence-electron chi connectivity index (χ2n) is 3.23. The van der Waals surface area contributed by atoms with Crippen LogP contribution in [0.3, 0.4) is 0 Å². The number of carboxylic acids is 1. The van der Waals surface area contributed by atoms with Crippen LogP contribution in [0.5, 0.6) is 0 Å². The molecule has 0 saturated heterocycles. The maximum atomic E-state index is 10.3. The minimum absolute atomic E-state index is 0.00103. The number of nitrogen functional groups attached to an aromatic ring is 1. The molecule has 0 bridgehead atoms. The molecular formula is C11H12ClNO2. The van der Waals surface area contributed by atoms with Crippen LogP contribution in [0.1, 0.15) is 17.5 Å². The van der Waals surface area contributed by atoms with Crippen molar-refractivity contribution in [3.05, 3.63) is 34.4 Å². The van der Waals surface area contributed by atoms with Gasteiger partial charge in [0.25, 0.3) is 0 Å². The van der Waals surface area contributed by atoms with Crippen LogP contribution >= 0.6 is 11.6 Å². The second kappa shape index (κ2) is 4.84. The first kappa shape index (κ1) is 11.6. The van der Waals surface area contributed by atoms with Gasteiger partial charge in [-0.05, 0) is 30.2 Å². The van der Waals surface area contributed by atoms with Crippen molar-refractivity contribution in [1.29, 1.82) is 0 Å². The van der Waals surface area contributed by atoms with Gasteiger partial charge in [-0.1, -0.05) is 23.8 Å². The molecule has 1 aromatic rings. The van der Waals surface area contributed by atoms with Gasteiger partial charge in [-0.3, -0.25) is 4.79 Å². The summed E-state index contributed by atoms with van der Waals surface area (Å²) >= 11 is 5.89. The number of benzene rings is 1. The van der Waals surface area contributed by atoms with E-state index >= 15 is 0 Å². The summed E-state index contributed by atoms with van der Waals surface area (Å²) in [6.07, 6.45) is 3.29. The van der Waals surface area contributed by atoms with Gasteiger partial charge in [-0.25, -0.2) is 0 Å². The first-order chi connectivity index (χ1) is 7.00. The molecule has 3 N–H and O–H groups in total. The number of aryl methyl sites for hydroxylation is 1. The van der Waals surface area contributed by atoms with Gasteiger partial charge in [0.15, 0.2) is 0 Å². The summed E-state index contributed by atoms with van der Waals surface area (Å²) < 4.78 is 0. The Morgan fingerprint density at radius 2 is 2.27 bits per heavy atom. The molecule has 0 aromatic heterocycles. The van der Waals surface area contributed by atoms with E-state index in [0.29, 0.717) is 10.7 Å². The van der Waals surface area contributed by atoms with E-state index in [9.17, 15) is 4.79 Å². The molecule has 1 aromatic carbocycles. The van der Waals surface area contributed by atoms with Crippen molar-refractivity contribution >= 4 is 29.3 Å². The summed E-state index contributed by atoms with van der Waals surface area (Å²) in [7, 11) is 0. The number of carboxylic acid groups (broad SMARTS) is 1. The molecule has 1 rings (SSSR count). The summed E-state index contributed by atoms with van der Waals surface area (Å²) in [5.41, 5.74) is 7.98. The average Bonchev–Trinajstić information content (AvgIpc) is 2.13. The molecule has 0 aliphatic rings. The third-order valence-electron chi connectivity index (χ3n) is 1.96. The van der Waals surface area contributed by atoms with Gasteiger partial charge in [0.2, 0.25) is 0 Å². The lowest BCUT2D eigenvalue weighted by Crippen LogP contribution is -1.92. The van der Waals surface area contributed by atoms with Crippen LogP contribution < -0.4 is 5.73 Å². The summed E-state index contributed by atoms with van der Waals surface area (Å²) in [5.74, 6) is -0.857. The van der Waals surface area contributed by atoms with Crippen LogP contribution in [0.2, 0.25) is 5.02 Å². The van der Waals surface area contributed by atoms with Gasteiger partial charge in [-0.15, -0.1) is 0 Å². The minimum atomic E-state index is -0.857. The molecule has 3 nitrogen and oxygen atoms in total. The fourth-order valence-corrected chi connectivity index (χ4v) is 1.45. The van der Waals surface area contributed by atoms with Crippen molar-refractivity contribution in [3.63, 3.8) is 0 Å². The molecule has 0 heterocycles. The zero-order chi connectivity index (χ0) is 11.4. The fourth-order valence-electron chi connectivity index (χ4n) is 1.17. The molecule has 15 heavy (non-hydrogen) atoms. The maximum Gasteiger partial charge on any atom is 0.307 e. The number of hydrogen-bond acceptors (Lipinski definition) is 2. The first-order valence-electron chi connectivity index (χ1n) is 4.44. The van der Waals surface area contributed by atoms with Gasteiger partial charge in [-0.2, -0.15) is 0 Å². The van der Waals surface area contributed by atoms with E-state index in [0.717, 1.165) is 11.1 Å². The van der Waals surface area contributed by atoms with E-state index in [-0.39, 0.29) is 6.42 Å². The zero-order valence-corrected chi connectivity index (χ0v) is 9.08. The SMILES string of the molecule is Cc1cc(C=CCC(=O)O)cc(Cl)c1N. The average molecular weight is 226 g/mol. The Balaban J connectivity index is 2.87. The number of rotatable bonds is 3. The highest BCUT2D eigenvalue weighted by molar-refractivity contribution is 6.33. The molecule has 0 fully saturated rings. The molecule has 0 atom stereocenters. The molecule has 0 aliphatic carbocycles. The Bertz CT molecular complexity index is 390. The van der Waals surface area contributed by atoms with Gasteiger partial charge in [0, 0.05) is 0 Å². The Hall–Kier alpha value is -1.48. The molecule has 0 amide bonds. The highest BCUT2D eigenvalue weighted by Crippen LogP contribution is 2.24. The predicted molar refractivity (Wildman–Crippen MR) is 61.9 cm³/mol. The van der Waals surface area contributed by atoms with E-state index in [1.54, 1.807) is 18.2 Å². The topological polar surface area (TPSA) is 63.3 Å². The van der Waals surface area contributed by atoms with E-state index < -0.39 is 5.97 Å². The van der Waals surface area contributed by atoms with Crippen molar-refractivity contribution in [2.24, 2.45) is 0 Å². The van der Waals surface area contributed by atoms with Gasteiger partial charge >= 0.3 is 5.97 Å². The third kappa shape index (κ3) is 3.29. The standard InChI is InChI=1S/C11H12ClNO2/c1-7-5-8(3-2-4-10(14)15)6-9(12)11(7)13/h2-3,5-6H,4,13H2,1H3,(H,14,15). The van der Waals surface area contributed by atoms with Crippen molar-refractivity contribution in [2.75, 3.05) is 5.73 Å². The van der Waals surface area contributed by atoms with Crippen molar-refractivity contribution in [2.45, 2.75) is 13.3 Å². The maximum absolute atomic E-state index is 10.3. The summed E-state index contributed by atoms with van der Waals surface area (Å²) in [4.78, 5) is 10.3. The first-order valence-corrected chi connectivity index (χ1v) is 4.82. The van der Waals surface area contributed by atoms with Gasteiger partial charge < -0.3 is 10.8 Å². The molecule has 0 spiro atoms. The number of aliphatic carboxylic acids is 1. The van der Waals surface area contributed by atoms with Crippen LogP contribution in [-0.2, 0) is 4.79 Å². The van der Waals surface area contributed by atoms with E-state index in [1.165, 1.54) is 0 Å². The second-order valence-corrected chi connectivity index (χ2v) is 3.64. The highest BCUT2D eigenvalue weighted by atomic mass is 35.5. The molecule has 80 valence electrons.